The van der Waals surface area contributed by atoms with Gasteiger partial charge in [0, 0.05) is 37.9 Å². The number of hydrogen-bond acceptors (Lipinski definition) is 9. The molecule has 11 nitrogen and oxygen atoms in total. The summed E-state index contributed by atoms with van der Waals surface area (Å²) in [6.07, 6.45) is 0.804. The van der Waals surface area contributed by atoms with Crippen molar-refractivity contribution in [3.8, 4) is 0 Å². The number of ether oxygens (including phenoxy) is 1. The molecule has 0 saturated carbocycles. The minimum absolute atomic E-state index is 0.187. The molecule has 0 radical (unpaired) electrons. The van der Waals surface area contributed by atoms with Crippen LogP contribution in [-0.4, -0.2) is 92.8 Å². The van der Waals surface area contributed by atoms with Crippen LogP contribution in [0, 0.1) is 0 Å². The molecule has 0 amide bonds. The van der Waals surface area contributed by atoms with Gasteiger partial charge in [-0.25, -0.2) is 24.5 Å². The Labute approximate surface area is 205 Å². The van der Waals surface area contributed by atoms with Gasteiger partial charge in [-0.3, -0.25) is 4.98 Å². The van der Waals surface area contributed by atoms with Gasteiger partial charge in [0.15, 0.2) is 0 Å². The van der Waals surface area contributed by atoms with E-state index in [1.54, 1.807) is 24.8 Å². The maximum atomic E-state index is 10.6. The van der Waals surface area contributed by atoms with Crippen LogP contribution in [0.5, 0.6) is 0 Å². The van der Waals surface area contributed by atoms with Gasteiger partial charge in [-0.1, -0.05) is 0 Å². The molecule has 1 spiro atoms. The van der Waals surface area contributed by atoms with Crippen LogP contribution < -0.4 is 9.80 Å². The maximum Gasteiger partial charge on any atom is 0.490 e. The van der Waals surface area contributed by atoms with E-state index in [2.05, 4.69) is 29.7 Å². The third-order valence-electron chi connectivity index (χ3n) is 4.98. The fraction of sp³-hybridized carbons (Fsp3) is 0.500. The molecule has 0 aromatic carbocycles. The Morgan fingerprint density at radius 2 is 1.43 bits per heavy atom. The van der Waals surface area contributed by atoms with Gasteiger partial charge in [-0.05, 0) is 18.9 Å². The van der Waals surface area contributed by atoms with Gasteiger partial charge >= 0.3 is 24.3 Å². The van der Waals surface area contributed by atoms with E-state index >= 15 is 0 Å². The summed E-state index contributed by atoms with van der Waals surface area (Å²) >= 11 is 0. The van der Waals surface area contributed by atoms with E-state index in [-0.39, 0.29) is 5.60 Å². The van der Waals surface area contributed by atoms with Crippen molar-refractivity contribution in [2.24, 2.45) is 0 Å². The molecule has 0 aliphatic carbocycles. The zero-order valence-corrected chi connectivity index (χ0v) is 19.0. The molecule has 2 N–H and O–H groups in total. The molecule has 2 fully saturated rings. The van der Waals surface area contributed by atoms with Crippen molar-refractivity contribution in [3.05, 3.63) is 37.1 Å². The van der Waals surface area contributed by atoms with Gasteiger partial charge in [0.05, 0.1) is 25.9 Å². The van der Waals surface area contributed by atoms with E-state index in [9.17, 15) is 26.3 Å². The zero-order valence-electron chi connectivity index (χ0n) is 19.0. The fourth-order valence-electron chi connectivity index (χ4n) is 3.47. The monoisotopic (exact) mass is 540 g/mol. The minimum Gasteiger partial charge on any atom is -0.475 e. The van der Waals surface area contributed by atoms with Crippen LogP contribution in [0.3, 0.4) is 0 Å². The van der Waals surface area contributed by atoms with Crippen LogP contribution in [0.25, 0.3) is 0 Å². The molecule has 17 heteroatoms. The summed E-state index contributed by atoms with van der Waals surface area (Å²) in [5, 5.41) is 14.2. The molecule has 4 rings (SSSR count). The summed E-state index contributed by atoms with van der Waals surface area (Å²) in [6.45, 7) is 4.16. The summed E-state index contributed by atoms with van der Waals surface area (Å²) in [7, 11) is 0. The highest BCUT2D eigenvalue weighted by Gasteiger charge is 2.42. The number of anilines is 2. The first-order valence-electron chi connectivity index (χ1n) is 10.5. The van der Waals surface area contributed by atoms with Gasteiger partial charge in [0.25, 0.3) is 0 Å². The minimum atomic E-state index is -5.08. The van der Waals surface area contributed by atoms with Crippen molar-refractivity contribution >= 4 is 23.7 Å². The highest BCUT2D eigenvalue weighted by molar-refractivity contribution is 5.73. The Balaban J connectivity index is 0.000000286. The fourth-order valence-corrected chi connectivity index (χ4v) is 3.47. The largest absolute Gasteiger partial charge is 0.490 e. The standard InChI is InChI=1S/C16H20N6O.2C2HF3O2/c1-3-16(12-21(8-1)14-11-17-6-7-18-14)13-22(9-10-23-16)15-19-4-2-5-20-15;2*3-2(4,5)1(6)7/h2,4-7,11H,1,3,8-10,12-13H2;2*(H,6,7). The third kappa shape index (κ3) is 9.32. The molecule has 37 heavy (non-hydrogen) atoms. The lowest BCUT2D eigenvalue weighted by Crippen LogP contribution is -2.60. The van der Waals surface area contributed by atoms with Crippen LogP contribution in [0.15, 0.2) is 37.1 Å². The number of aromatic nitrogens is 4. The number of aliphatic carboxylic acids is 2. The smallest absolute Gasteiger partial charge is 0.475 e. The molecule has 2 aliphatic heterocycles. The molecule has 4 heterocycles. The van der Waals surface area contributed by atoms with E-state index in [0.29, 0.717) is 6.61 Å². The summed E-state index contributed by atoms with van der Waals surface area (Å²) in [6, 6.07) is 1.84. The highest BCUT2D eigenvalue weighted by Crippen LogP contribution is 2.31. The normalized spacial score (nSPS) is 19.7. The van der Waals surface area contributed by atoms with Crippen molar-refractivity contribution in [1.29, 1.82) is 0 Å². The van der Waals surface area contributed by atoms with Gasteiger partial charge in [-0.15, -0.1) is 0 Å². The Morgan fingerprint density at radius 1 is 0.865 bits per heavy atom. The van der Waals surface area contributed by atoms with E-state index in [4.69, 9.17) is 24.5 Å². The van der Waals surface area contributed by atoms with Crippen molar-refractivity contribution in [2.75, 3.05) is 42.6 Å². The summed E-state index contributed by atoms with van der Waals surface area (Å²) in [5.41, 5.74) is -0.187. The Kier molecular flexibility index (Phi) is 9.93. The SMILES string of the molecule is O=C(O)C(F)(F)F.O=C(O)C(F)(F)F.c1cnc(N2CCOC3(CCCN(c4cnccn4)C3)C2)nc1. The molecule has 2 aromatic rings. The Hall–Kier alpha value is -3.76. The number of halogens is 6. The summed E-state index contributed by atoms with van der Waals surface area (Å²) in [4.78, 5) is 39.7. The summed E-state index contributed by atoms with van der Waals surface area (Å²) < 4.78 is 69.7. The molecular formula is C20H22F6N6O5. The predicted octanol–water partition coefficient (Wildman–Crippen LogP) is 2.41. The second-order valence-electron chi connectivity index (χ2n) is 7.70. The second kappa shape index (κ2) is 12.5. The number of hydrogen-bond donors (Lipinski definition) is 2. The third-order valence-corrected chi connectivity index (χ3v) is 4.98. The molecule has 2 saturated heterocycles. The molecule has 204 valence electrons. The number of piperidine rings is 1. The number of alkyl halides is 6. The van der Waals surface area contributed by atoms with Gasteiger partial charge < -0.3 is 24.7 Å². The molecule has 0 bridgehead atoms. The Bertz CT molecular complexity index is 931. The number of rotatable bonds is 2. The topological polar surface area (TPSA) is 142 Å². The average Bonchev–Trinajstić information content (AvgIpc) is 2.85. The molecule has 2 aromatic heterocycles. The van der Waals surface area contributed by atoms with Crippen molar-refractivity contribution in [2.45, 2.75) is 30.8 Å². The molecular weight excluding hydrogens is 518 g/mol. The number of carboxylic acid groups (broad SMARTS) is 2. The van der Waals surface area contributed by atoms with E-state index in [0.717, 1.165) is 50.8 Å². The lowest BCUT2D eigenvalue weighted by atomic mass is 9.91. The van der Waals surface area contributed by atoms with Crippen LogP contribution in [0.1, 0.15) is 12.8 Å². The number of morpholine rings is 1. The van der Waals surface area contributed by atoms with Crippen LogP contribution >= 0.6 is 0 Å². The van der Waals surface area contributed by atoms with Gasteiger partial charge in [0.2, 0.25) is 5.95 Å². The first-order chi connectivity index (χ1) is 17.2. The number of carbonyl (C=O) groups is 2. The quantitative estimate of drug-likeness (QED) is 0.543. The van der Waals surface area contributed by atoms with Gasteiger partial charge in [0.1, 0.15) is 11.4 Å². The van der Waals surface area contributed by atoms with Crippen LogP contribution in [-0.2, 0) is 14.3 Å². The highest BCUT2D eigenvalue weighted by atomic mass is 19.4. The van der Waals surface area contributed by atoms with Gasteiger partial charge in [-0.2, -0.15) is 26.3 Å². The first kappa shape index (κ1) is 29.5. The lowest BCUT2D eigenvalue weighted by molar-refractivity contribution is -0.193. The first-order valence-corrected chi connectivity index (χ1v) is 10.5. The predicted molar refractivity (Wildman–Crippen MR) is 114 cm³/mol. The summed E-state index contributed by atoms with van der Waals surface area (Å²) in [5.74, 6) is -3.81. The van der Waals surface area contributed by atoms with E-state index in [1.165, 1.54) is 0 Å². The van der Waals surface area contributed by atoms with Crippen molar-refractivity contribution in [3.63, 3.8) is 0 Å². The zero-order chi connectivity index (χ0) is 27.7. The molecule has 1 atom stereocenters. The van der Waals surface area contributed by atoms with Crippen LogP contribution in [0.4, 0.5) is 38.1 Å². The van der Waals surface area contributed by atoms with E-state index in [1.807, 2.05) is 12.3 Å². The van der Waals surface area contributed by atoms with E-state index < -0.39 is 24.3 Å². The average molecular weight is 540 g/mol. The van der Waals surface area contributed by atoms with Crippen molar-refractivity contribution in [1.82, 2.24) is 19.9 Å². The van der Waals surface area contributed by atoms with Crippen molar-refractivity contribution < 1.29 is 50.9 Å². The lowest BCUT2D eigenvalue weighted by Gasteiger charge is -2.48. The number of nitrogens with zero attached hydrogens (tertiary/aromatic N) is 6. The maximum absolute atomic E-state index is 10.6. The van der Waals surface area contributed by atoms with Crippen LogP contribution in [0.2, 0.25) is 0 Å². The molecule has 1 unspecified atom stereocenters. The number of carboxylic acids is 2. The Morgan fingerprint density at radius 3 is 1.95 bits per heavy atom. The molecule has 2 aliphatic rings. The second-order valence-corrected chi connectivity index (χ2v) is 7.70.